The zero-order valence-corrected chi connectivity index (χ0v) is 13.7. The van der Waals surface area contributed by atoms with Crippen molar-refractivity contribution in [2.24, 2.45) is 5.73 Å². The Balaban J connectivity index is 2.20. The average molecular weight is 342 g/mol. The Hall–Kier alpha value is -1.63. The Kier molecular flexibility index (Phi) is 5.76. The second kappa shape index (κ2) is 7.58. The summed E-state index contributed by atoms with van der Waals surface area (Å²) in [5.74, 6) is 0.283. The van der Waals surface area contributed by atoms with E-state index in [1.807, 2.05) is 0 Å². The number of carbonyl (C=O) groups excluding carboxylic acids is 1. The Morgan fingerprint density at radius 3 is 2.64 bits per heavy atom. The molecule has 2 aromatic rings. The molecule has 2 rings (SSSR count). The van der Waals surface area contributed by atoms with E-state index in [1.54, 1.807) is 25.1 Å². The van der Waals surface area contributed by atoms with Gasteiger partial charge in [0.15, 0.2) is 0 Å². The van der Waals surface area contributed by atoms with E-state index in [9.17, 15) is 4.79 Å². The summed E-state index contributed by atoms with van der Waals surface area (Å²) in [6.07, 6.45) is 1.68. The van der Waals surface area contributed by atoms with Crippen LogP contribution >= 0.6 is 23.2 Å². The van der Waals surface area contributed by atoms with Crippen molar-refractivity contribution >= 4 is 29.1 Å². The Morgan fingerprint density at radius 2 is 2.00 bits per heavy atom. The number of nitrogens with zero attached hydrogens (tertiary/aromatic N) is 3. The van der Waals surface area contributed by atoms with Crippen molar-refractivity contribution in [2.75, 3.05) is 13.1 Å². The molecule has 0 aliphatic carbocycles. The number of hydrogen-bond donors (Lipinski definition) is 2. The monoisotopic (exact) mass is 341 g/mol. The van der Waals surface area contributed by atoms with Crippen LogP contribution in [0.15, 0.2) is 18.2 Å². The van der Waals surface area contributed by atoms with Gasteiger partial charge in [-0.25, -0.2) is 9.67 Å². The molecule has 0 radical (unpaired) electrons. The van der Waals surface area contributed by atoms with Crippen molar-refractivity contribution in [1.29, 1.82) is 0 Å². The molecule has 6 nitrogen and oxygen atoms in total. The Labute approximate surface area is 138 Å². The number of para-hydroxylation sites is 1. The lowest BCUT2D eigenvalue weighted by Gasteiger charge is -2.07. The number of nitrogens with two attached hydrogens (primary N) is 1. The van der Waals surface area contributed by atoms with Crippen LogP contribution in [0.1, 0.15) is 29.3 Å². The lowest BCUT2D eigenvalue weighted by atomic mass is 10.3. The highest BCUT2D eigenvalue weighted by molar-refractivity contribution is 6.37. The number of carbonyl (C=O) groups is 1. The quantitative estimate of drug-likeness (QED) is 0.789. The van der Waals surface area contributed by atoms with E-state index in [-0.39, 0.29) is 11.7 Å². The lowest BCUT2D eigenvalue weighted by molar-refractivity contribution is 0.0942. The molecule has 0 saturated carbocycles. The molecule has 3 N–H and O–H groups in total. The summed E-state index contributed by atoms with van der Waals surface area (Å²) < 4.78 is 1.47. The largest absolute Gasteiger partial charge is 0.349 e. The normalized spacial score (nSPS) is 10.7. The molecule has 118 valence electrons. The maximum atomic E-state index is 12.0. The van der Waals surface area contributed by atoms with Crippen molar-refractivity contribution < 1.29 is 4.79 Å². The van der Waals surface area contributed by atoms with E-state index in [1.165, 1.54) is 4.68 Å². The van der Waals surface area contributed by atoms with Gasteiger partial charge in [0.25, 0.3) is 5.91 Å². The van der Waals surface area contributed by atoms with E-state index >= 15 is 0 Å². The Morgan fingerprint density at radius 1 is 1.32 bits per heavy atom. The van der Waals surface area contributed by atoms with Gasteiger partial charge in [0.05, 0.1) is 10.0 Å². The van der Waals surface area contributed by atoms with Crippen molar-refractivity contribution in [2.45, 2.75) is 19.8 Å². The molecule has 0 saturated heterocycles. The third kappa shape index (κ3) is 3.76. The molecule has 22 heavy (non-hydrogen) atoms. The molecule has 0 atom stereocenters. The van der Waals surface area contributed by atoms with Crippen LogP contribution in [0, 0.1) is 6.92 Å². The Bertz CT molecular complexity index is 651. The number of hydrogen-bond acceptors (Lipinski definition) is 4. The number of aryl methyl sites for hydroxylation is 1. The molecule has 1 heterocycles. The minimum atomic E-state index is -0.331. The summed E-state index contributed by atoms with van der Waals surface area (Å²) in [7, 11) is 0. The van der Waals surface area contributed by atoms with E-state index in [0.29, 0.717) is 34.6 Å². The minimum Gasteiger partial charge on any atom is -0.349 e. The van der Waals surface area contributed by atoms with E-state index in [0.717, 1.165) is 12.8 Å². The molecular weight excluding hydrogens is 325 g/mol. The molecule has 0 bridgehead atoms. The van der Waals surface area contributed by atoms with Crippen LogP contribution < -0.4 is 11.1 Å². The number of aromatic nitrogens is 3. The second-order valence-corrected chi connectivity index (χ2v) is 5.53. The van der Waals surface area contributed by atoms with Gasteiger partial charge in [-0.05, 0) is 38.4 Å². The predicted molar refractivity (Wildman–Crippen MR) is 86.7 cm³/mol. The maximum absolute atomic E-state index is 12.0. The van der Waals surface area contributed by atoms with Crippen LogP contribution in [0.4, 0.5) is 0 Å². The van der Waals surface area contributed by atoms with Gasteiger partial charge in [0, 0.05) is 6.54 Å². The molecule has 1 amide bonds. The van der Waals surface area contributed by atoms with Crippen molar-refractivity contribution in [1.82, 2.24) is 20.1 Å². The van der Waals surface area contributed by atoms with Crippen LogP contribution in [0.5, 0.6) is 0 Å². The fourth-order valence-corrected chi connectivity index (χ4v) is 2.50. The van der Waals surface area contributed by atoms with E-state index < -0.39 is 0 Å². The molecule has 1 aromatic heterocycles. The third-order valence-corrected chi connectivity index (χ3v) is 3.65. The van der Waals surface area contributed by atoms with Gasteiger partial charge in [-0.3, -0.25) is 4.79 Å². The summed E-state index contributed by atoms with van der Waals surface area (Å²) in [6.45, 7) is 2.88. The first-order chi connectivity index (χ1) is 10.5. The number of nitrogens with one attached hydrogen (secondary N) is 1. The molecule has 0 aliphatic heterocycles. The first kappa shape index (κ1) is 16.7. The highest BCUT2D eigenvalue weighted by Crippen LogP contribution is 2.28. The summed E-state index contributed by atoms with van der Waals surface area (Å²) >= 11 is 12.3. The van der Waals surface area contributed by atoms with Crippen LogP contribution in [-0.2, 0) is 0 Å². The summed E-state index contributed by atoms with van der Waals surface area (Å²) in [5, 5.41) is 7.84. The van der Waals surface area contributed by atoms with E-state index in [2.05, 4.69) is 15.4 Å². The van der Waals surface area contributed by atoms with Crippen molar-refractivity contribution in [3.63, 3.8) is 0 Å². The molecule has 1 aromatic carbocycles. The average Bonchev–Trinajstić information content (AvgIpc) is 2.85. The summed E-state index contributed by atoms with van der Waals surface area (Å²) in [6, 6.07) is 5.15. The molecule has 8 heteroatoms. The number of rotatable bonds is 6. The van der Waals surface area contributed by atoms with Crippen molar-refractivity contribution in [3.05, 3.63) is 39.9 Å². The number of amides is 1. The van der Waals surface area contributed by atoms with Gasteiger partial charge in [-0.1, -0.05) is 29.3 Å². The number of benzene rings is 1. The minimum absolute atomic E-state index is 0.0845. The van der Waals surface area contributed by atoms with Gasteiger partial charge in [-0.15, -0.1) is 5.10 Å². The number of unbranched alkanes of at least 4 members (excludes halogenated alkanes) is 1. The topological polar surface area (TPSA) is 85.8 Å². The molecule has 0 aliphatic rings. The van der Waals surface area contributed by atoms with Gasteiger partial charge in [0.2, 0.25) is 5.82 Å². The zero-order chi connectivity index (χ0) is 16.1. The molecule has 0 spiro atoms. The first-order valence-corrected chi connectivity index (χ1v) is 7.66. The van der Waals surface area contributed by atoms with Gasteiger partial charge in [0.1, 0.15) is 11.5 Å². The first-order valence-electron chi connectivity index (χ1n) is 6.91. The lowest BCUT2D eigenvalue weighted by Crippen LogP contribution is -2.26. The SMILES string of the molecule is Cc1nc(C(=O)NCCCCN)nn1-c1c(Cl)cccc1Cl. The van der Waals surface area contributed by atoms with Gasteiger partial charge < -0.3 is 11.1 Å². The third-order valence-electron chi connectivity index (χ3n) is 3.04. The van der Waals surface area contributed by atoms with E-state index in [4.69, 9.17) is 28.9 Å². The second-order valence-electron chi connectivity index (χ2n) is 4.72. The number of halogens is 2. The predicted octanol–water partition coefficient (Wildman–Crippen LogP) is 2.35. The smallest absolute Gasteiger partial charge is 0.290 e. The van der Waals surface area contributed by atoms with Gasteiger partial charge >= 0.3 is 0 Å². The summed E-state index contributed by atoms with van der Waals surface area (Å²) in [4.78, 5) is 16.2. The van der Waals surface area contributed by atoms with Crippen LogP contribution in [-0.4, -0.2) is 33.8 Å². The molecule has 0 unspecified atom stereocenters. The van der Waals surface area contributed by atoms with Gasteiger partial charge in [-0.2, -0.15) is 0 Å². The molecule has 0 fully saturated rings. The standard InChI is InChI=1S/C14H17Cl2N5O/c1-9-19-13(14(22)18-8-3-2-7-17)20-21(9)12-10(15)5-4-6-11(12)16/h4-6H,2-3,7-8,17H2,1H3,(H,18,22). The maximum Gasteiger partial charge on any atom is 0.290 e. The highest BCUT2D eigenvalue weighted by Gasteiger charge is 2.17. The molecular formula is C14H17Cl2N5O. The van der Waals surface area contributed by atoms with Crippen LogP contribution in [0.2, 0.25) is 10.0 Å². The van der Waals surface area contributed by atoms with Crippen molar-refractivity contribution in [3.8, 4) is 5.69 Å². The zero-order valence-electron chi connectivity index (χ0n) is 12.1. The fraction of sp³-hybridized carbons (Fsp3) is 0.357. The fourth-order valence-electron chi connectivity index (χ4n) is 1.94. The van der Waals surface area contributed by atoms with Crippen LogP contribution in [0.3, 0.4) is 0 Å². The highest BCUT2D eigenvalue weighted by atomic mass is 35.5. The summed E-state index contributed by atoms with van der Waals surface area (Å²) in [5.41, 5.74) is 5.92. The van der Waals surface area contributed by atoms with Crippen LogP contribution in [0.25, 0.3) is 5.69 Å².